The van der Waals surface area contributed by atoms with Crippen molar-refractivity contribution < 1.29 is 9.53 Å². The molecule has 37 heavy (non-hydrogen) atoms. The molecule has 0 unspecified atom stereocenters. The Morgan fingerprint density at radius 1 is 0.892 bits per heavy atom. The highest BCUT2D eigenvalue weighted by atomic mass is 32.2. The summed E-state index contributed by atoms with van der Waals surface area (Å²) in [6.45, 7) is 0.969. The molecule has 1 N–H and O–H groups in total. The van der Waals surface area contributed by atoms with Crippen molar-refractivity contribution in [2.75, 3.05) is 5.75 Å². The van der Waals surface area contributed by atoms with Crippen LogP contribution in [0.3, 0.4) is 0 Å². The molecule has 0 bridgehead atoms. The molecule has 0 radical (unpaired) electrons. The van der Waals surface area contributed by atoms with E-state index in [1.54, 1.807) is 0 Å². The quantitative estimate of drug-likeness (QED) is 0.311. The zero-order valence-corrected chi connectivity index (χ0v) is 22.4. The molecule has 0 saturated heterocycles. The van der Waals surface area contributed by atoms with Crippen LogP contribution in [-0.4, -0.2) is 32.5 Å². The van der Waals surface area contributed by atoms with E-state index in [4.69, 9.17) is 4.74 Å². The molecule has 6 nitrogen and oxygen atoms in total. The van der Waals surface area contributed by atoms with Crippen molar-refractivity contribution in [3.8, 4) is 5.75 Å². The zero-order chi connectivity index (χ0) is 25.3. The summed E-state index contributed by atoms with van der Waals surface area (Å²) in [7, 11) is 0. The topological polar surface area (TPSA) is 69.0 Å². The highest BCUT2D eigenvalue weighted by Crippen LogP contribution is 2.33. The maximum Gasteiger partial charge on any atom is 0.230 e. The molecule has 2 aliphatic rings. The van der Waals surface area contributed by atoms with Gasteiger partial charge in [-0.15, -0.1) is 10.2 Å². The van der Waals surface area contributed by atoms with Crippen LogP contribution in [0.2, 0.25) is 0 Å². The number of hydrogen-bond acceptors (Lipinski definition) is 5. The predicted octanol–water partition coefficient (Wildman–Crippen LogP) is 6.49. The number of ether oxygens (including phenoxy) is 1. The molecule has 1 amide bonds. The SMILES string of the molecule is O=C(CSc1nnc(COc2ccc(C3CCCCC3)cc2)n1Cc1ccccc1)NC1CCCCC1. The smallest absolute Gasteiger partial charge is 0.230 e. The molecule has 196 valence electrons. The van der Waals surface area contributed by atoms with Gasteiger partial charge in [0.1, 0.15) is 12.4 Å². The molecule has 0 spiro atoms. The predicted molar refractivity (Wildman–Crippen MR) is 148 cm³/mol. The highest BCUT2D eigenvalue weighted by Gasteiger charge is 2.19. The van der Waals surface area contributed by atoms with E-state index in [1.165, 1.54) is 68.7 Å². The number of benzene rings is 2. The lowest BCUT2D eigenvalue weighted by molar-refractivity contribution is -0.119. The van der Waals surface area contributed by atoms with E-state index in [0.29, 0.717) is 30.9 Å². The Morgan fingerprint density at radius 3 is 2.32 bits per heavy atom. The third-order valence-electron chi connectivity index (χ3n) is 7.60. The van der Waals surface area contributed by atoms with Gasteiger partial charge in [0.2, 0.25) is 5.91 Å². The number of nitrogens with one attached hydrogen (secondary N) is 1. The van der Waals surface area contributed by atoms with E-state index in [1.807, 2.05) is 18.2 Å². The Balaban J connectivity index is 1.22. The molecular formula is C30H38N4O2S. The second-order valence-electron chi connectivity index (χ2n) is 10.4. The van der Waals surface area contributed by atoms with Crippen molar-refractivity contribution in [3.05, 3.63) is 71.5 Å². The minimum Gasteiger partial charge on any atom is -0.486 e. The molecule has 2 saturated carbocycles. The number of hydrogen-bond donors (Lipinski definition) is 1. The molecule has 0 atom stereocenters. The minimum atomic E-state index is 0.0713. The highest BCUT2D eigenvalue weighted by molar-refractivity contribution is 7.99. The molecule has 2 aromatic carbocycles. The Morgan fingerprint density at radius 2 is 1.59 bits per heavy atom. The number of amides is 1. The molecule has 1 aromatic heterocycles. The Hall–Kier alpha value is -2.80. The first kappa shape index (κ1) is 25.8. The van der Waals surface area contributed by atoms with Gasteiger partial charge >= 0.3 is 0 Å². The molecular weight excluding hydrogens is 480 g/mol. The number of thioether (sulfide) groups is 1. The van der Waals surface area contributed by atoms with Crippen molar-refractivity contribution in [3.63, 3.8) is 0 Å². The summed E-state index contributed by atoms with van der Waals surface area (Å²) in [4.78, 5) is 12.6. The van der Waals surface area contributed by atoms with Gasteiger partial charge in [-0.05, 0) is 54.9 Å². The van der Waals surface area contributed by atoms with Crippen LogP contribution < -0.4 is 10.1 Å². The van der Waals surface area contributed by atoms with Gasteiger partial charge in [-0.1, -0.05) is 92.8 Å². The summed E-state index contributed by atoms with van der Waals surface area (Å²) < 4.78 is 8.21. The fourth-order valence-corrected chi connectivity index (χ4v) is 6.29. The molecule has 0 aliphatic heterocycles. The molecule has 2 aliphatic carbocycles. The summed E-state index contributed by atoms with van der Waals surface area (Å²) in [5.41, 5.74) is 2.58. The summed E-state index contributed by atoms with van der Waals surface area (Å²) in [5, 5.41) is 12.8. The number of rotatable bonds is 10. The second-order valence-corrected chi connectivity index (χ2v) is 11.3. The normalized spacial score (nSPS) is 17.0. The summed E-state index contributed by atoms with van der Waals surface area (Å²) in [5.74, 6) is 2.70. The lowest BCUT2D eigenvalue weighted by Gasteiger charge is -2.22. The van der Waals surface area contributed by atoms with Crippen LogP contribution in [0, 0.1) is 0 Å². The van der Waals surface area contributed by atoms with Crippen LogP contribution in [0.15, 0.2) is 59.8 Å². The second kappa shape index (κ2) is 13.1. The Kier molecular flexibility index (Phi) is 9.17. The summed E-state index contributed by atoms with van der Waals surface area (Å²) >= 11 is 1.44. The molecule has 3 aromatic rings. The summed E-state index contributed by atoms with van der Waals surface area (Å²) in [6.07, 6.45) is 12.5. The van der Waals surface area contributed by atoms with Crippen molar-refractivity contribution >= 4 is 17.7 Å². The van der Waals surface area contributed by atoms with E-state index in [2.05, 4.69) is 56.5 Å². The van der Waals surface area contributed by atoms with E-state index in [0.717, 1.165) is 35.1 Å². The van der Waals surface area contributed by atoms with Gasteiger partial charge in [-0.3, -0.25) is 9.36 Å². The van der Waals surface area contributed by atoms with Gasteiger partial charge in [-0.25, -0.2) is 0 Å². The maximum absolute atomic E-state index is 12.6. The largest absolute Gasteiger partial charge is 0.486 e. The monoisotopic (exact) mass is 518 g/mol. The average Bonchev–Trinajstić information content (AvgIpc) is 3.33. The van der Waals surface area contributed by atoms with Crippen molar-refractivity contribution in [2.24, 2.45) is 0 Å². The number of carbonyl (C=O) groups is 1. The van der Waals surface area contributed by atoms with Crippen molar-refractivity contribution in [1.82, 2.24) is 20.1 Å². The number of nitrogens with zero attached hydrogens (tertiary/aromatic N) is 3. The van der Waals surface area contributed by atoms with E-state index < -0.39 is 0 Å². The lowest BCUT2D eigenvalue weighted by Crippen LogP contribution is -2.37. The van der Waals surface area contributed by atoms with Crippen LogP contribution in [0.1, 0.15) is 87.1 Å². The van der Waals surface area contributed by atoms with Gasteiger partial charge in [0.25, 0.3) is 0 Å². The third kappa shape index (κ3) is 7.37. The first-order chi connectivity index (χ1) is 18.2. The Labute approximate surface area is 224 Å². The average molecular weight is 519 g/mol. The Bertz CT molecular complexity index is 1120. The van der Waals surface area contributed by atoms with Crippen molar-refractivity contribution in [1.29, 1.82) is 0 Å². The van der Waals surface area contributed by atoms with Crippen LogP contribution in [0.4, 0.5) is 0 Å². The van der Waals surface area contributed by atoms with Gasteiger partial charge in [0.15, 0.2) is 11.0 Å². The summed E-state index contributed by atoms with van der Waals surface area (Å²) in [6, 6.07) is 19.2. The maximum atomic E-state index is 12.6. The minimum absolute atomic E-state index is 0.0713. The molecule has 5 rings (SSSR count). The van der Waals surface area contributed by atoms with Gasteiger partial charge in [0, 0.05) is 6.04 Å². The van der Waals surface area contributed by atoms with Crippen LogP contribution in [0.5, 0.6) is 5.75 Å². The molecule has 2 fully saturated rings. The van der Waals surface area contributed by atoms with Crippen LogP contribution in [0.25, 0.3) is 0 Å². The van der Waals surface area contributed by atoms with E-state index >= 15 is 0 Å². The first-order valence-corrected chi connectivity index (χ1v) is 14.8. The fourth-order valence-electron chi connectivity index (χ4n) is 5.52. The third-order valence-corrected chi connectivity index (χ3v) is 8.57. The number of carbonyl (C=O) groups excluding carboxylic acids is 1. The van der Waals surface area contributed by atoms with Crippen LogP contribution in [-0.2, 0) is 17.9 Å². The van der Waals surface area contributed by atoms with Gasteiger partial charge in [-0.2, -0.15) is 0 Å². The van der Waals surface area contributed by atoms with Gasteiger partial charge in [0.05, 0.1) is 12.3 Å². The molecule has 1 heterocycles. The fraction of sp³-hybridized carbons (Fsp3) is 0.500. The zero-order valence-electron chi connectivity index (χ0n) is 21.6. The van der Waals surface area contributed by atoms with Crippen molar-refractivity contribution in [2.45, 2.75) is 94.5 Å². The lowest BCUT2D eigenvalue weighted by atomic mass is 9.84. The van der Waals surface area contributed by atoms with Gasteiger partial charge < -0.3 is 10.1 Å². The standard InChI is InChI=1S/C30H38N4O2S/c35-29(31-26-14-8-3-9-15-26)22-37-30-33-32-28(34(30)20-23-10-4-1-5-11-23)21-36-27-18-16-25(17-19-27)24-12-6-2-7-13-24/h1,4-5,10-11,16-19,24,26H,2-3,6-9,12-15,20-22H2,(H,31,35). The number of aromatic nitrogens is 3. The van der Waals surface area contributed by atoms with E-state index in [9.17, 15) is 4.79 Å². The van der Waals surface area contributed by atoms with Crippen LogP contribution >= 0.6 is 11.8 Å². The van der Waals surface area contributed by atoms with E-state index in [-0.39, 0.29) is 5.91 Å². The molecule has 7 heteroatoms. The first-order valence-electron chi connectivity index (χ1n) is 13.9.